The van der Waals surface area contributed by atoms with E-state index in [1.54, 1.807) is 18.6 Å². The molecule has 1 aliphatic heterocycles. The van der Waals surface area contributed by atoms with Crippen molar-refractivity contribution < 1.29 is 4.79 Å². The maximum Gasteiger partial charge on any atom is 0.239 e. The molecule has 0 spiro atoms. The molecular formula is C16H22N6O. The molecule has 0 aliphatic carbocycles. The van der Waals surface area contributed by atoms with E-state index in [9.17, 15) is 4.79 Å². The summed E-state index contributed by atoms with van der Waals surface area (Å²) in [7, 11) is 0. The summed E-state index contributed by atoms with van der Waals surface area (Å²) in [5, 5.41) is 3.03. The van der Waals surface area contributed by atoms with Gasteiger partial charge < -0.3 is 14.8 Å². The third kappa shape index (κ3) is 4.06. The summed E-state index contributed by atoms with van der Waals surface area (Å²) in [4.78, 5) is 27.0. The van der Waals surface area contributed by atoms with Crippen LogP contribution in [0.1, 0.15) is 18.7 Å². The van der Waals surface area contributed by atoms with Crippen LogP contribution in [0.15, 0.2) is 30.9 Å². The highest BCUT2D eigenvalue weighted by atomic mass is 16.1. The molecule has 0 radical (unpaired) electrons. The number of carbonyl (C=O) groups excluding carboxylic acids is 1. The van der Waals surface area contributed by atoms with Gasteiger partial charge in [-0.05, 0) is 31.7 Å². The van der Waals surface area contributed by atoms with Gasteiger partial charge in [0.15, 0.2) is 0 Å². The molecule has 1 unspecified atom stereocenters. The Labute approximate surface area is 135 Å². The van der Waals surface area contributed by atoms with Crippen LogP contribution < -0.4 is 10.2 Å². The van der Waals surface area contributed by atoms with Gasteiger partial charge in [0, 0.05) is 44.4 Å². The van der Waals surface area contributed by atoms with E-state index in [0.29, 0.717) is 19.0 Å². The second-order valence-electron chi connectivity index (χ2n) is 5.91. The lowest BCUT2D eigenvalue weighted by molar-refractivity contribution is -0.121. The molecule has 2 aromatic heterocycles. The van der Waals surface area contributed by atoms with Crippen LogP contribution in [0.4, 0.5) is 5.95 Å². The van der Waals surface area contributed by atoms with Crippen LogP contribution in [0, 0.1) is 12.8 Å². The molecule has 7 heteroatoms. The van der Waals surface area contributed by atoms with Crippen LogP contribution >= 0.6 is 0 Å². The first kappa shape index (κ1) is 15.5. The molecule has 2 aromatic rings. The molecule has 0 aromatic carbocycles. The van der Waals surface area contributed by atoms with Crippen molar-refractivity contribution in [2.45, 2.75) is 26.3 Å². The average Bonchev–Trinajstić information content (AvgIpc) is 2.99. The molecule has 23 heavy (non-hydrogen) atoms. The van der Waals surface area contributed by atoms with E-state index in [1.165, 1.54) is 0 Å². The van der Waals surface area contributed by atoms with Crippen molar-refractivity contribution >= 4 is 11.9 Å². The summed E-state index contributed by atoms with van der Waals surface area (Å²) in [5.74, 6) is 2.09. The van der Waals surface area contributed by atoms with E-state index < -0.39 is 0 Å². The van der Waals surface area contributed by atoms with Gasteiger partial charge in [0.2, 0.25) is 11.9 Å². The summed E-state index contributed by atoms with van der Waals surface area (Å²) in [6, 6.07) is 1.82. The molecule has 1 N–H and O–H groups in total. The Hall–Kier alpha value is -2.44. The standard InChI is InChI=1S/C16H22N6O/c1-13-17-7-9-21(13)12-15(23)20-10-14-4-2-8-22(11-14)16-18-5-3-6-19-16/h3,5-7,9,14H,2,4,8,10-12H2,1H3,(H,20,23). The molecular weight excluding hydrogens is 292 g/mol. The monoisotopic (exact) mass is 314 g/mol. The smallest absolute Gasteiger partial charge is 0.239 e. The van der Waals surface area contributed by atoms with Gasteiger partial charge in [0.25, 0.3) is 0 Å². The lowest BCUT2D eigenvalue weighted by atomic mass is 9.98. The number of hydrogen-bond donors (Lipinski definition) is 1. The van der Waals surface area contributed by atoms with Crippen molar-refractivity contribution in [3.8, 4) is 0 Å². The second kappa shape index (κ2) is 7.21. The Bertz CT molecular complexity index is 641. The van der Waals surface area contributed by atoms with Crippen molar-refractivity contribution in [3.63, 3.8) is 0 Å². The van der Waals surface area contributed by atoms with E-state index in [2.05, 4.69) is 25.2 Å². The Kier molecular flexibility index (Phi) is 4.85. The van der Waals surface area contributed by atoms with E-state index in [4.69, 9.17) is 0 Å². The van der Waals surface area contributed by atoms with Gasteiger partial charge in [-0.1, -0.05) is 0 Å². The van der Waals surface area contributed by atoms with Crippen molar-refractivity contribution in [2.75, 3.05) is 24.5 Å². The highest BCUT2D eigenvalue weighted by molar-refractivity contribution is 5.75. The van der Waals surface area contributed by atoms with Gasteiger partial charge in [0.1, 0.15) is 12.4 Å². The third-order valence-corrected chi connectivity index (χ3v) is 4.18. The summed E-state index contributed by atoms with van der Waals surface area (Å²) in [5.41, 5.74) is 0. The zero-order chi connectivity index (χ0) is 16.1. The summed E-state index contributed by atoms with van der Waals surface area (Å²) in [6.45, 7) is 4.77. The normalized spacial score (nSPS) is 18.0. The van der Waals surface area contributed by atoms with Crippen molar-refractivity contribution in [3.05, 3.63) is 36.7 Å². The highest BCUT2D eigenvalue weighted by Gasteiger charge is 2.22. The quantitative estimate of drug-likeness (QED) is 0.891. The number of amides is 1. The van der Waals surface area contributed by atoms with Gasteiger partial charge in [-0.2, -0.15) is 0 Å². The van der Waals surface area contributed by atoms with E-state index in [0.717, 1.165) is 37.7 Å². The largest absolute Gasteiger partial charge is 0.354 e. The Morgan fingerprint density at radius 1 is 1.30 bits per heavy atom. The van der Waals surface area contributed by atoms with Crippen LogP contribution in [0.25, 0.3) is 0 Å². The number of carbonyl (C=O) groups is 1. The van der Waals surface area contributed by atoms with Crippen molar-refractivity contribution in [1.82, 2.24) is 24.8 Å². The summed E-state index contributed by atoms with van der Waals surface area (Å²) >= 11 is 0. The lowest BCUT2D eigenvalue weighted by Crippen LogP contribution is -2.42. The molecule has 1 fully saturated rings. The minimum atomic E-state index is 0.0270. The molecule has 1 saturated heterocycles. The van der Waals surface area contributed by atoms with E-state index >= 15 is 0 Å². The van der Waals surface area contributed by atoms with E-state index in [-0.39, 0.29) is 5.91 Å². The number of imidazole rings is 1. The molecule has 0 saturated carbocycles. The topological polar surface area (TPSA) is 75.9 Å². The van der Waals surface area contributed by atoms with Gasteiger partial charge >= 0.3 is 0 Å². The zero-order valence-electron chi connectivity index (χ0n) is 13.4. The minimum absolute atomic E-state index is 0.0270. The van der Waals surface area contributed by atoms with Crippen LogP contribution in [0.2, 0.25) is 0 Å². The molecule has 1 atom stereocenters. The molecule has 1 aliphatic rings. The van der Waals surface area contributed by atoms with Crippen LogP contribution in [-0.2, 0) is 11.3 Å². The number of nitrogens with zero attached hydrogens (tertiary/aromatic N) is 5. The van der Waals surface area contributed by atoms with Gasteiger partial charge in [0.05, 0.1) is 0 Å². The first-order valence-electron chi connectivity index (χ1n) is 7.99. The van der Waals surface area contributed by atoms with Gasteiger partial charge in [-0.15, -0.1) is 0 Å². The molecule has 122 valence electrons. The first-order valence-corrected chi connectivity index (χ1v) is 7.99. The van der Waals surface area contributed by atoms with Crippen LogP contribution in [-0.4, -0.2) is 45.1 Å². The summed E-state index contributed by atoms with van der Waals surface area (Å²) < 4.78 is 1.85. The zero-order valence-corrected chi connectivity index (χ0v) is 13.4. The predicted octanol–water partition coefficient (Wildman–Crippen LogP) is 1.01. The summed E-state index contributed by atoms with van der Waals surface area (Å²) in [6.07, 6.45) is 9.28. The number of piperidine rings is 1. The minimum Gasteiger partial charge on any atom is -0.354 e. The maximum atomic E-state index is 12.1. The number of anilines is 1. The average molecular weight is 314 g/mol. The molecule has 0 bridgehead atoms. The Morgan fingerprint density at radius 3 is 2.87 bits per heavy atom. The first-order chi connectivity index (χ1) is 11.2. The second-order valence-corrected chi connectivity index (χ2v) is 5.91. The Balaban J connectivity index is 1.48. The fourth-order valence-electron chi connectivity index (χ4n) is 2.91. The van der Waals surface area contributed by atoms with Gasteiger partial charge in [-0.3, -0.25) is 4.79 Å². The van der Waals surface area contributed by atoms with Crippen LogP contribution in [0.5, 0.6) is 0 Å². The SMILES string of the molecule is Cc1nccn1CC(=O)NCC1CCCN(c2ncccn2)C1. The molecule has 3 heterocycles. The van der Waals surface area contributed by atoms with E-state index in [1.807, 2.05) is 23.8 Å². The lowest BCUT2D eigenvalue weighted by Gasteiger charge is -2.32. The number of aryl methyl sites for hydroxylation is 1. The fraction of sp³-hybridized carbons (Fsp3) is 0.500. The third-order valence-electron chi connectivity index (χ3n) is 4.18. The van der Waals surface area contributed by atoms with Crippen LogP contribution in [0.3, 0.4) is 0 Å². The molecule has 3 rings (SSSR count). The Morgan fingerprint density at radius 2 is 2.13 bits per heavy atom. The predicted molar refractivity (Wildman–Crippen MR) is 86.9 cm³/mol. The number of aromatic nitrogens is 4. The maximum absolute atomic E-state index is 12.1. The van der Waals surface area contributed by atoms with Crippen molar-refractivity contribution in [2.24, 2.45) is 5.92 Å². The number of hydrogen-bond acceptors (Lipinski definition) is 5. The number of rotatable bonds is 5. The number of nitrogens with one attached hydrogen (secondary N) is 1. The van der Waals surface area contributed by atoms with Gasteiger partial charge in [-0.25, -0.2) is 15.0 Å². The fourth-order valence-corrected chi connectivity index (χ4v) is 2.91. The molecule has 1 amide bonds. The molecule has 7 nitrogen and oxygen atoms in total. The van der Waals surface area contributed by atoms with Crippen molar-refractivity contribution in [1.29, 1.82) is 0 Å². The highest BCUT2D eigenvalue weighted by Crippen LogP contribution is 2.19.